The van der Waals surface area contributed by atoms with Crippen molar-refractivity contribution in [1.82, 2.24) is 0 Å². The Morgan fingerprint density at radius 2 is 1.73 bits per heavy atom. The normalized spacial score (nSPS) is 9.18. The molecule has 0 radical (unpaired) electrons. The van der Waals surface area contributed by atoms with E-state index >= 15 is 0 Å². The quantitative estimate of drug-likeness (QED) is 0.345. The van der Waals surface area contributed by atoms with Crippen LogP contribution in [0.2, 0.25) is 0 Å². The maximum Gasteiger partial charge on any atom is 0.193 e. The third-order valence-corrected chi connectivity index (χ3v) is 1.33. The average Bonchev–Trinajstić information content (AvgIpc) is 1.93. The van der Waals surface area contributed by atoms with E-state index in [1.165, 1.54) is 0 Å². The minimum Gasteiger partial charge on any atom is -0.612 e. The van der Waals surface area contributed by atoms with Crippen molar-refractivity contribution in [2.24, 2.45) is 0 Å². The van der Waals surface area contributed by atoms with Crippen molar-refractivity contribution in [2.75, 3.05) is 0 Å². The van der Waals surface area contributed by atoms with Crippen LogP contribution < -0.4 is 0 Å². The lowest BCUT2D eigenvalue weighted by atomic mass is 10.2. The second-order valence-corrected chi connectivity index (χ2v) is 2.33. The second kappa shape index (κ2) is 3.05. The van der Waals surface area contributed by atoms with Crippen LogP contribution in [-0.4, -0.2) is 11.1 Å². The van der Waals surface area contributed by atoms with Crippen LogP contribution in [0, 0.1) is 17.3 Å². The Labute approximate surface area is 64.8 Å². The molecule has 1 aromatic rings. The number of rotatable bonds is 1. The highest BCUT2D eigenvalue weighted by Gasteiger charge is 1.89. The zero-order chi connectivity index (χ0) is 8.27. The van der Waals surface area contributed by atoms with E-state index in [1.807, 2.05) is 19.1 Å². The molecule has 0 N–H and O–H groups in total. The fourth-order valence-electron chi connectivity index (χ4n) is 0.774. The van der Waals surface area contributed by atoms with Gasteiger partial charge in [0, 0.05) is 5.56 Å². The van der Waals surface area contributed by atoms with Gasteiger partial charge in [0.15, 0.2) is 6.21 Å². The first-order valence-electron chi connectivity index (χ1n) is 3.23. The molecule has 0 saturated heterocycles. The Morgan fingerprint density at radius 1 is 1.18 bits per heavy atom. The van der Waals surface area contributed by atoms with Crippen molar-refractivity contribution in [2.45, 2.75) is 6.92 Å². The van der Waals surface area contributed by atoms with Gasteiger partial charge in [0.1, 0.15) is 0 Å². The molecule has 0 heterocycles. The van der Waals surface area contributed by atoms with Gasteiger partial charge in [0.2, 0.25) is 0 Å². The van der Waals surface area contributed by atoms with E-state index < -0.39 is 4.90 Å². The van der Waals surface area contributed by atoms with Gasteiger partial charge >= 0.3 is 0 Å². The maximum atomic E-state index is 10.0. The summed E-state index contributed by atoms with van der Waals surface area (Å²) in [6, 6.07) is 7.13. The lowest BCUT2D eigenvalue weighted by molar-refractivity contribution is -0.372. The third-order valence-electron chi connectivity index (χ3n) is 1.33. The first-order chi connectivity index (χ1) is 5.18. The number of nitrogens with zero attached hydrogens (tertiary/aromatic N) is 1. The summed E-state index contributed by atoms with van der Waals surface area (Å²) in [7, 11) is 0. The minimum atomic E-state index is -0.454. The summed E-state index contributed by atoms with van der Waals surface area (Å²) in [5.74, 6) is 0. The Morgan fingerprint density at radius 3 is 2.18 bits per heavy atom. The second-order valence-electron chi connectivity index (χ2n) is 2.33. The summed E-state index contributed by atoms with van der Waals surface area (Å²) < 4.78 is 0. The highest BCUT2D eigenvalue weighted by molar-refractivity contribution is 5.75. The van der Waals surface area contributed by atoms with E-state index in [9.17, 15) is 10.4 Å². The molecule has 3 nitrogen and oxygen atoms in total. The summed E-state index contributed by atoms with van der Waals surface area (Å²) in [6.07, 6.45) is 0.986. The number of hydrogen-bond donors (Lipinski definition) is 0. The van der Waals surface area contributed by atoms with E-state index in [4.69, 9.17) is 0 Å². The molecule has 0 aliphatic rings. The van der Waals surface area contributed by atoms with Crippen molar-refractivity contribution in [1.29, 1.82) is 0 Å². The first-order valence-corrected chi connectivity index (χ1v) is 3.23. The van der Waals surface area contributed by atoms with Gasteiger partial charge in [-0.15, -0.1) is 0 Å². The molecule has 1 rings (SSSR count). The van der Waals surface area contributed by atoms with E-state index in [0.717, 1.165) is 11.8 Å². The van der Waals surface area contributed by atoms with Crippen molar-refractivity contribution in [3.8, 4) is 0 Å². The van der Waals surface area contributed by atoms with Gasteiger partial charge in [0.05, 0.1) is 0 Å². The van der Waals surface area contributed by atoms with Gasteiger partial charge < -0.3 is 10.4 Å². The van der Waals surface area contributed by atoms with Gasteiger partial charge in [-0.3, -0.25) is 0 Å². The Balaban J connectivity index is 2.91. The number of hydrogen-bond acceptors (Lipinski definition) is 2. The van der Waals surface area contributed by atoms with Crippen LogP contribution in [0.25, 0.3) is 0 Å². The largest absolute Gasteiger partial charge is 0.612 e. The van der Waals surface area contributed by atoms with Crippen molar-refractivity contribution in [3.63, 3.8) is 0 Å². The minimum absolute atomic E-state index is 0.454. The lowest BCUT2D eigenvalue weighted by Gasteiger charge is -2.01. The zero-order valence-corrected chi connectivity index (χ0v) is 6.15. The molecular weight excluding hydrogens is 142 g/mol. The maximum absolute atomic E-state index is 10.0. The Kier molecular flexibility index (Phi) is 2.11. The summed E-state index contributed by atoms with van der Waals surface area (Å²) in [5.41, 5.74) is 1.73. The van der Waals surface area contributed by atoms with Crippen LogP contribution >= 0.6 is 0 Å². The Bertz CT molecular complexity index is 260. The van der Waals surface area contributed by atoms with Crippen LogP contribution in [0.5, 0.6) is 0 Å². The van der Waals surface area contributed by atoms with Gasteiger partial charge in [-0.25, -0.2) is 0 Å². The summed E-state index contributed by atoms with van der Waals surface area (Å²) in [5, 5.41) is 20.0. The van der Waals surface area contributed by atoms with E-state index in [-0.39, 0.29) is 0 Å². The van der Waals surface area contributed by atoms with Crippen molar-refractivity contribution in [3.05, 3.63) is 45.8 Å². The molecule has 11 heavy (non-hydrogen) atoms. The molecule has 0 aliphatic carbocycles. The number of aryl methyl sites for hydroxylation is 1. The molecule has 0 aromatic heterocycles. The smallest absolute Gasteiger partial charge is 0.193 e. The van der Waals surface area contributed by atoms with Crippen molar-refractivity contribution < 1.29 is 4.90 Å². The van der Waals surface area contributed by atoms with E-state index in [0.29, 0.717) is 5.56 Å². The molecule has 0 bridgehead atoms. The molecule has 58 valence electrons. The molecule has 0 saturated carbocycles. The summed E-state index contributed by atoms with van der Waals surface area (Å²) >= 11 is 0. The van der Waals surface area contributed by atoms with Crippen LogP contribution in [0.4, 0.5) is 0 Å². The Hall–Kier alpha value is -1.51. The lowest BCUT2D eigenvalue weighted by Crippen LogP contribution is -1.94. The molecule has 0 atom stereocenters. The zero-order valence-electron chi connectivity index (χ0n) is 6.15. The predicted molar refractivity (Wildman–Crippen MR) is 43.3 cm³/mol. The topological polar surface area (TPSA) is 49.1 Å². The predicted octanol–water partition coefficient (Wildman–Crippen LogP) is 1.42. The van der Waals surface area contributed by atoms with Crippen LogP contribution in [-0.2, 0) is 0 Å². The van der Waals surface area contributed by atoms with Gasteiger partial charge in [-0.2, -0.15) is 4.90 Å². The average molecular weight is 150 g/mol. The highest BCUT2D eigenvalue weighted by atomic mass is 16.8. The fourth-order valence-corrected chi connectivity index (χ4v) is 0.774. The third kappa shape index (κ3) is 2.29. The first kappa shape index (κ1) is 7.60. The van der Waals surface area contributed by atoms with Crippen molar-refractivity contribution >= 4 is 6.21 Å². The highest BCUT2D eigenvalue weighted by Crippen LogP contribution is 1.99. The standard InChI is InChI=1S/C8H8NO2/c1-7-2-4-8(5-3-7)6-9(10)11/h2-6H,1H3/q-1. The van der Waals surface area contributed by atoms with E-state index in [2.05, 4.69) is 0 Å². The SMILES string of the molecule is Cc1ccc(C=[N+]([O-])[O-])cc1. The van der Waals surface area contributed by atoms with Crippen LogP contribution in [0.3, 0.4) is 0 Å². The molecule has 0 fully saturated rings. The molecule has 3 heteroatoms. The number of benzene rings is 1. The van der Waals surface area contributed by atoms with Gasteiger partial charge in [-0.1, -0.05) is 17.7 Å². The van der Waals surface area contributed by atoms with Gasteiger partial charge in [-0.05, 0) is 19.1 Å². The van der Waals surface area contributed by atoms with E-state index in [1.54, 1.807) is 12.1 Å². The summed E-state index contributed by atoms with van der Waals surface area (Å²) in [4.78, 5) is -0.454. The van der Waals surface area contributed by atoms with Crippen LogP contribution in [0.15, 0.2) is 24.3 Å². The van der Waals surface area contributed by atoms with Gasteiger partial charge in [0.25, 0.3) is 0 Å². The molecule has 0 aliphatic heterocycles. The molecular formula is C8H8NO2-. The molecule has 0 spiro atoms. The summed E-state index contributed by atoms with van der Waals surface area (Å²) in [6.45, 7) is 1.94. The van der Waals surface area contributed by atoms with Crippen LogP contribution in [0.1, 0.15) is 11.1 Å². The monoisotopic (exact) mass is 150 g/mol. The molecule has 0 amide bonds. The fraction of sp³-hybridized carbons (Fsp3) is 0.125. The molecule has 1 aromatic carbocycles. The molecule has 0 unspecified atom stereocenters.